The summed E-state index contributed by atoms with van der Waals surface area (Å²) in [6.07, 6.45) is 6.68. The van der Waals surface area contributed by atoms with Crippen LogP contribution in [0.5, 0.6) is 0 Å². The molecule has 1 amide bonds. The van der Waals surface area contributed by atoms with E-state index in [2.05, 4.69) is 21.3 Å². The van der Waals surface area contributed by atoms with Crippen LogP contribution in [-0.4, -0.2) is 51.2 Å². The fourth-order valence-corrected chi connectivity index (χ4v) is 4.29. The highest BCUT2D eigenvalue weighted by molar-refractivity contribution is 7.84. The zero-order valence-corrected chi connectivity index (χ0v) is 17.3. The molecule has 0 saturated carbocycles. The Labute approximate surface area is 173 Å². The third-order valence-corrected chi connectivity index (χ3v) is 5.99. The van der Waals surface area contributed by atoms with Gasteiger partial charge in [-0.15, -0.1) is 0 Å². The zero-order valence-electron chi connectivity index (χ0n) is 16.5. The number of Topliss-reactive ketones (excluding diaryl/α,β-unsaturated/α-hetero) is 1. The van der Waals surface area contributed by atoms with E-state index in [0.29, 0.717) is 18.6 Å². The van der Waals surface area contributed by atoms with Crippen molar-refractivity contribution in [3.05, 3.63) is 53.7 Å². The maximum Gasteiger partial charge on any atom is 0.232 e. The summed E-state index contributed by atoms with van der Waals surface area (Å²) in [5, 5.41) is 2.55. The van der Waals surface area contributed by atoms with E-state index in [0.717, 1.165) is 25.3 Å². The van der Waals surface area contributed by atoms with Gasteiger partial charge >= 0.3 is 0 Å². The molecule has 1 unspecified atom stereocenters. The van der Waals surface area contributed by atoms with Crippen LogP contribution in [0.2, 0.25) is 0 Å². The molecule has 0 radical (unpaired) electrons. The fraction of sp³-hybridized carbons (Fsp3) is 0.476. The number of hydrogen-bond acceptors (Lipinski definition) is 6. The number of aryl methyl sites for hydroxylation is 1. The monoisotopic (exact) mass is 417 g/mol. The Kier molecular flexibility index (Phi) is 8.13. The Morgan fingerprint density at radius 3 is 2.83 bits per heavy atom. The van der Waals surface area contributed by atoms with Gasteiger partial charge in [0, 0.05) is 35.7 Å². The number of nitrogens with zero attached hydrogens (tertiary/aromatic N) is 2. The summed E-state index contributed by atoms with van der Waals surface area (Å²) >= 11 is 0. The summed E-state index contributed by atoms with van der Waals surface area (Å²) in [4.78, 5) is 30.7. The Balaban J connectivity index is 1.35. The van der Waals surface area contributed by atoms with Crippen LogP contribution in [-0.2, 0) is 39.1 Å². The lowest BCUT2D eigenvalue weighted by Gasteiger charge is -2.14. The molecule has 156 valence electrons. The topological polar surface area (TPSA) is 92.5 Å². The molecule has 29 heavy (non-hydrogen) atoms. The van der Waals surface area contributed by atoms with E-state index in [-0.39, 0.29) is 23.8 Å². The molecule has 0 spiro atoms. The van der Waals surface area contributed by atoms with Gasteiger partial charge in [0.05, 0.1) is 18.6 Å². The third-order valence-electron chi connectivity index (χ3n) is 4.80. The molecule has 2 aromatic heterocycles. The number of ketones is 1. The molecule has 1 saturated heterocycles. The molecule has 1 aliphatic heterocycles. The minimum Gasteiger partial charge on any atom is -0.468 e. The first-order valence-corrected chi connectivity index (χ1v) is 11.4. The van der Waals surface area contributed by atoms with Crippen molar-refractivity contribution < 1.29 is 18.2 Å². The van der Waals surface area contributed by atoms with Crippen LogP contribution in [0.4, 0.5) is 0 Å². The highest BCUT2D eigenvalue weighted by atomic mass is 32.2. The summed E-state index contributed by atoms with van der Waals surface area (Å²) < 4.78 is 17.0. The van der Waals surface area contributed by atoms with Crippen molar-refractivity contribution in [1.29, 1.82) is 0 Å². The van der Waals surface area contributed by atoms with Gasteiger partial charge in [-0.05, 0) is 62.2 Å². The fourth-order valence-electron chi connectivity index (χ4n) is 3.32. The lowest BCUT2D eigenvalue weighted by molar-refractivity contribution is -0.123. The molecule has 3 rings (SSSR count). The number of carbonyl (C=O) groups is 2. The van der Waals surface area contributed by atoms with Gasteiger partial charge < -0.3 is 9.73 Å². The van der Waals surface area contributed by atoms with Crippen LogP contribution in [0.25, 0.3) is 0 Å². The Hall–Kier alpha value is -2.32. The van der Waals surface area contributed by atoms with E-state index in [4.69, 9.17) is 4.42 Å². The summed E-state index contributed by atoms with van der Waals surface area (Å²) in [5.41, 5.74) is 2.11. The second kappa shape index (κ2) is 11.0. The van der Waals surface area contributed by atoms with Crippen LogP contribution in [0, 0.1) is 0 Å². The molecule has 1 N–H and O–H groups in total. The van der Waals surface area contributed by atoms with E-state index in [1.807, 2.05) is 6.07 Å². The molecule has 0 bridgehead atoms. The number of pyridine rings is 1. The minimum atomic E-state index is -1.36. The zero-order chi connectivity index (χ0) is 20.5. The average Bonchev–Trinajstić information content (AvgIpc) is 3.39. The highest BCUT2D eigenvalue weighted by Crippen LogP contribution is 2.13. The molecule has 7 nitrogen and oxygen atoms in total. The normalized spacial score (nSPS) is 15.3. The Morgan fingerprint density at radius 2 is 2.07 bits per heavy atom. The molecule has 0 aliphatic carbocycles. The Bertz CT molecular complexity index is 832. The van der Waals surface area contributed by atoms with Crippen molar-refractivity contribution in [2.24, 2.45) is 0 Å². The van der Waals surface area contributed by atoms with E-state index in [1.165, 1.54) is 24.7 Å². The molecule has 0 aromatic carbocycles. The number of amides is 1. The first-order chi connectivity index (χ1) is 14.1. The van der Waals surface area contributed by atoms with Gasteiger partial charge in [-0.3, -0.25) is 23.7 Å². The van der Waals surface area contributed by atoms with Crippen LogP contribution in [0.15, 0.2) is 41.1 Å². The van der Waals surface area contributed by atoms with Gasteiger partial charge in [0.1, 0.15) is 11.5 Å². The lowest BCUT2D eigenvalue weighted by Crippen LogP contribution is -2.33. The number of nitrogens with one attached hydrogen (secondary N) is 1. The summed E-state index contributed by atoms with van der Waals surface area (Å²) in [5.74, 6) is 0.157. The predicted octanol–water partition coefficient (Wildman–Crippen LogP) is 1.84. The predicted molar refractivity (Wildman–Crippen MR) is 111 cm³/mol. The van der Waals surface area contributed by atoms with E-state index >= 15 is 0 Å². The van der Waals surface area contributed by atoms with E-state index in [1.54, 1.807) is 18.3 Å². The minimum absolute atomic E-state index is 0.0513. The van der Waals surface area contributed by atoms with E-state index < -0.39 is 16.7 Å². The van der Waals surface area contributed by atoms with Crippen LogP contribution in [0.1, 0.15) is 36.3 Å². The quantitative estimate of drug-likeness (QED) is 0.600. The second-order valence-electron chi connectivity index (χ2n) is 7.26. The van der Waals surface area contributed by atoms with Crippen LogP contribution in [0.3, 0.4) is 0 Å². The first-order valence-electron chi connectivity index (χ1n) is 9.90. The standard InChI is InChI=1S/C21H27N3O4S/c25-19(13-23-21(26)16-29(27)15-20-4-3-11-28-20)6-5-18-12-17(7-8-22-18)14-24-9-1-2-10-24/h3-4,7-8,11-12H,1-2,5-6,9-10,13-16H2,(H,23,26). The SMILES string of the molecule is O=C(CCc1cc(CN2CCCC2)ccn1)CNC(=O)CS(=O)Cc1ccco1. The molecule has 8 heteroatoms. The summed E-state index contributed by atoms with van der Waals surface area (Å²) in [7, 11) is -1.36. The van der Waals surface area contributed by atoms with Gasteiger partial charge in [0.25, 0.3) is 0 Å². The van der Waals surface area contributed by atoms with Crippen molar-refractivity contribution >= 4 is 22.5 Å². The largest absolute Gasteiger partial charge is 0.468 e. The summed E-state index contributed by atoms with van der Waals surface area (Å²) in [6, 6.07) is 7.50. The Morgan fingerprint density at radius 1 is 1.24 bits per heavy atom. The van der Waals surface area contributed by atoms with Crippen LogP contribution >= 0.6 is 0 Å². The van der Waals surface area contributed by atoms with Crippen LogP contribution < -0.4 is 5.32 Å². The van der Waals surface area contributed by atoms with Crippen molar-refractivity contribution in [2.75, 3.05) is 25.4 Å². The van der Waals surface area contributed by atoms with E-state index in [9.17, 15) is 13.8 Å². The van der Waals surface area contributed by atoms with Crippen molar-refractivity contribution in [3.63, 3.8) is 0 Å². The van der Waals surface area contributed by atoms with Gasteiger partial charge in [-0.2, -0.15) is 0 Å². The second-order valence-corrected chi connectivity index (χ2v) is 8.72. The molecule has 3 heterocycles. The molecule has 1 aliphatic rings. The highest BCUT2D eigenvalue weighted by Gasteiger charge is 2.13. The molecular formula is C21H27N3O4S. The lowest BCUT2D eigenvalue weighted by atomic mass is 10.1. The van der Waals surface area contributed by atoms with Gasteiger partial charge in [-0.25, -0.2) is 0 Å². The smallest absolute Gasteiger partial charge is 0.232 e. The summed E-state index contributed by atoms with van der Waals surface area (Å²) in [6.45, 7) is 3.16. The first kappa shape index (κ1) is 21.4. The number of hydrogen-bond donors (Lipinski definition) is 1. The number of furan rings is 1. The van der Waals surface area contributed by atoms with Crippen molar-refractivity contribution in [2.45, 2.75) is 38.0 Å². The molecule has 1 fully saturated rings. The number of likely N-dealkylation sites (tertiary alicyclic amines) is 1. The van der Waals surface area contributed by atoms with Crippen molar-refractivity contribution in [3.8, 4) is 0 Å². The maximum atomic E-state index is 12.1. The number of carbonyl (C=O) groups excluding carboxylic acids is 2. The molecule has 2 aromatic rings. The number of aromatic nitrogens is 1. The van der Waals surface area contributed by atoms with Crippen molar-refractivity contribution in [1.82, 2.24) is 15.2 Å². The van der Waals surface area contributed by atoms with Gasteiger partial charge in [0.2, 0.25) is 5.91 Å². The third kappa shape index (κ3) is 7.55. The molecule has 1 atom stereocenters. The molecular weight excluding hydrogens is 390 g/mol. The maximum absolute atomic E-state index is 12.1. The van der Waals surface area contributed by atoms with Gasteiger partial charge in [-0.1, -0.05) is 0 Å². The van der Waals surface area contributed by atoms with Gasteiger partial charge in [0.15, 0.2) is 5.78 Å². The number of rotatable bonds is 11. The average molecular weight is 418 g/mol.